The molecule has 0 aliphatic heterocycles. The number of rotatable bonds is 7. The molecule has 1 rings (SSSR count). The van der Waals surface area contributed by atoms with Gasteiger partial charge in [0.25, 0.3) is 0 Å². The molecule has 1 aromatic heterocycles. The molecule has 0 saturated heterocycles. The third-order valence-corrected chi connectivity index (χ3v) is 2.24. The van der Waals surface area contributed by atoms with Gasteiger partial charge in [0, 0.05) is 19.8 Å². The fourth-order valence-electron chi connectivity index (χ4n) is 1.41. The summed E-state index contributed by atoms with van der Waals surface area (Å²) in [5, 5.41) is 0. The van der Waals surface area contributed by atoms with Crippen molar-refractivity contribution in [2.75, 3.05) is 25.6 Å². The molecule has 0 saturated carbocycles. The van der Waals surface area contributed by atoms with E-state index >= 15 is 0 Å². The van der Waals surface area contributed by atoms with Crippen LogP contribution in [-0.4, -0.2) is 35.3 Å². The predicted octanol–water partition coefficient (Wildman–Crippen LogP) is 1.07. The SMILES string of the molecule is CCOCCCn1cnc(C(=O)OCC)c1N. The predicted molar refractivity (Wildman–Crippen MR) is 63.7 cm³/mol. The van der Waals surface area contributed by atoms with Gasteiger partial charge in [-0.2, -0.15) is 0 Å². The molecule has 6 nitrogen and oxygen atoms in total. The van der Waals surface area contributed by atoms with Crippen molar-refractivity contribution in [3.63, 3.8) is 0 Å². The van der Waals surface area contributed by atoms with Gasteiger partial charge in [-0.3, -0.25) is 0 Å². The molecule has 0 aromatic carbocycles. The van der Waals surface area contributed by atoms with Crippen LogP contribution in [0.2, 0.25) is 0 Å². The third kappa shape index (κ3) is 3.74. The van der Waals surface area contributed by atoms with Crippen LogP contribution in [0.4, 0.5) is 5.82 Å². The average molecular weight is 241 g/mol. The van der Waals surface area contributed by atoms with Gasteiger partial charge in [-0.15, -0.1) is 0 Å². The molecule has 0 aliphatic carbocycles. The Bertz CT molecular complexity index is 363. The minimum Gasteiger partial charge on any atom is -0.461 e. The summed E-state index contributed by atoms with van der Waals surface area (Å²) in [6, 6.07) is 0. The van der Waals surface area contributed by atoms with Crippen LogP contribution < -0.4 is 5.73 Å². The zero-order valence-corrected chi connectivity index (χ0v) is 10.3. The number of carbonyl (C=O) groups is 1. The second kappa shape index (κ2) is 6.90. The topological polar surface area (TPSA) is 79.4 Å². The van der Waals surface area contributed by atoms with Crippen molar-refractivity contribution in [2.24, 2.45) is 0 Å². The lowest BCUT2D eigenvalue weighted by atomic mass is 10.4. The number of aryl methyl sites for hydroxylation is 1. The summed E-state index contributed by atoms with van der Waals surface area (Å²) in [5.41, 5.74) is 5.99. The van der Waals surface area contributed by atoms with E-state index in [4.69, 9.17) is 15.2 Å². The first-order chi connectivity index (χ1) is 8.20. The normalized spacial score (nSPS) is 10.5. The summed E-state index contributed by atoms with van der Waals surface area (Å²) in [6.07, 6.45) is 2.38. The summed E-state index contributed by atoms with van der Waals surface area (Å²) in [6.45, 7) is 6.06. The van der Waals surface area contributed by atoms with E-state index in [1.165, 1.54) is 0 Å². The van der Waals surface area contributed by atoms with E-state index in [9.17, 15) is 4.79 Å². The van der Waals surface area contributed by atoms with Crippen LogP contribution in [0.5, 0.6) is 0 Å². The first-order valence-corrected chi connectivity index (χ1v) is 5.76. The Morgan fingerprint density at radius 2 is 2.24 bits per heavy atom. The molecule has 0 fully saturated rings. The van der Waals surface area contributed by atoms with Gasteiger partial charge in [0.15, 0.2) is 5.69 Å². The van der Waals surface area contributed by atoms with Crippen LogP contribution >= 0.6 is 0 Å². The van der Waals surface area contributed by atoms with Gasteiger partial charge in [0.1, 0.15) is 5.82 Å². The average Bonchev–Trinajstić information content (AvgIpc) is 2.67. The highest BCUT2D eigenvalue weighted by Crippen LogP contribution is 2.11. The molecule has 1 aromatic rings. The number of nitrogens with two attached hydrogens (primary N) is 1. The summed E-state index contributed by atoms with van der Waals surface area (Å²) in [5.74, 6) is -0.131. The summed E-state index contributed by atoms with van der Waals surface area (Å²) in [4.78, 5) is 15.4. The minimum atomic E-state index is -0.478. The second-order valence-electron chi connectivity index (χ2n) is 3.44. The highest BCUT2D eigenvalue weighted by atomic mass is 16.5. The van der Waals surface area contributed by atoms with Crippen molar-refractivity contribution in [1.82, 2.24) is 9.55 Å². The van der Waals surface area contributed by atoms with Gasteiger partial charge >= 0.3 is 5.97 Å². The Labute approximate surface area is 101 Å². The Kier molecular flexibility index (Phi) is 5.48. The molecule has 6 heteroatoms. The minimum absolute atomic E-state index is 0.184. The molecule has 0 aliphatic rings. The number of hydrogen-bond acceptors (Lipinski definition) is 5. The number of anilines is 1. The van der Waals surface area contributed by atoms with E-state index in [-0.39, 0.29) is 5.69 Å². The maximum Gasteiger partial charge on any atom is 0.360 e. The van der Waals surface area contributed by atoms with Crippen molar-refractivity contribution < 1.29 is 14.3 Å². The van der Waals surface area contributed by atoms with Gasteiger partial charge < -0.3 is 19.8 Å². The van der Waals surface area contributed by atoms with Crippen LogP contribution in [0.1, 0.15) is 30.8 Å². The van der Waals surface area contributed by atoms with Gasteiger partial charge in [0.05, 0.1) is 12.9 Å². The molecule has 2 N–H and O–H groups in total. The first-order valence-electron chi connectivity index (χ1n) is 5.76. The first kappa shape index (κ1) is 13.5. The van der Waals surface area contributed by atoms with Crippen LogP contribution in [-0.2, 0) is 16.0 Å². The van der Waals surface area contributed by atoms with Gasteiger partial charge in [-0.05, 0) is 20.3 Å². The Hall–Kier alpha value is -1.56. The standard InChI is InChI=1S/C11H19N3O3/c1-3-16-7-5-6-14-8-13-9(10(14)12)11(15)17-4-2/h8H,3-7,12H2,1-2H3. The van der Waals surface area contributed by atoms with Gasteiger partial charge in [-0.1, -0.05) is 0 Å². The monoisotopic (exact) mass is 241 g/mol. The number of imidazole rings is 1. The largest absolute Gasteiger partial charge is 0.461 e. The van der Waals surface area contributed by atoms with E-state index in [2.05, 4.69) is 4.98 Å². The van der Waals surface area contributed by atoms with Crippen molar-refractivity contribution in [3.8, 4) is 0 Å². The zero-order chi connectivity index (χ0) is 12.7. The summed E-state index contributed by atoms with van der Waals surface area (Å²) >= 11 is 0. The van der Waals surface area contributed by atoms with Gasteiger partial charge in [0.2, 0.25) is 0 Å². The smallest absolute Gasteiger partial charge is 0.360 e. The van der Waals surface area contributed by atoms with Crippen LogP contribution in [0.25, 0.3) is 0 Å². The molecule has 17 heavy (non-hydrogen) atoms. The lowest BCUT2D eigenvalue weighted by Gasteiger charge is -2.05. The van der Waals surface area contributed by atoms with Crippen molar-refractivity contribution in [3.05, 3.63) is 12.0 Å². The van der Waals surface area contributed by atoms with Crippen molar-refractivity contribution >= 4 is 11.8 Å². The van der Waals surface area contributed by atoms with E-state index in [1.807, 2.05) is 6.92 Å². The maximum atomic E-state index is 11.5. The molecule has 0 bridgehead atoms. The Morgan fingerprint density at radius 1 is 1.47 bits per heavy atom. The number of hydrogen-bond donors (Lipinski definition) is 1. The third-order valence-electron chi connectivity index (χ3n) is 2.24. The molecular formula is C11H19N3O3. The molecule has 0 spiro atoms. The fraction of sp³-hybridized carbons (Fsp3) is 0.636. The number of nitrogen functional groups attached to an aromatic ring is 1. The van der Waals surface area contributed by atoms with E-state index in [0.717, 1.165) is 6.42 Å². The highest BCUT2D eigenvalue weighted by Gasteiger charge is 2.16. The summed E-state index contributed by atoms with van der Waals surface area (Å²) in [7, 11) is 0. The van der Waals surface area contributed by atoms with Crippen molar-refractivity contribution in [2.45, 2.75) is 26.8 Å². The number of nitrogens with zero attached hydrogens (tertiary/aromatic N) is 2. The summed E-state index contributed by atoms with van der Waals surface area (Å²) < 4.78 is 11.8. The molecule has 0 atom stereocenters. The fourth-order valence-corrected chi connectivity index (χ4v) is 1.41. The molecule has 1 heterocycles. The van der Waals surface area contributed by atoms with Crippen LogP contribution in [0.3, 0.4) is 0 Å². The quantitative estimate of drug-likeness (QED) is 0.570. The number of aromatic nitrogens is 2. The highest BCUT2D eigenvalue weighted by molar-refractivity contribution is 5.92. The molecular weight excluding hydrogens is 222 g/mol. The van der Waals surface area contributed by atoms with Gasteiger partial charge in [-0.25, -0.2) is 9.78 Å². The lowest BCUT2D eigenvalue weighted by Crippen LogP contribution is -2.10. The number of esters is 1. The van der Waals surface area contributed by atoms with Crippen LogP contribution in [0, 0.1) is 0 Å². The van der Waals surface area contributed by atoms with Crippen LogP contribution in [0.15, 0.2) is 6.33 Å². The Balaban J connectivity index is 2.54. The zero-order valence-electron chi connectivity index (χ0n) is 10.3. The van der Waals surface area contributed by atoms with Crippen molar-refractivity contribution in [1.29, 1.82) is 0 Å². The maximum absolute atomic E-state index is 11.5. The lowest BCUT2D eigenvalue weighted by molar-refractivity contribution is 0.0521. The van der Waals surface area contributed by atoms with E-state index in [0.29, 0.717) is 32.2 Å². The molecule has 96 valence electrons. The molecule has 0 amide bonds. The number of ether oxygens (including phenoxy) is 2. The van der Waals surface area contributed by atoms with E-state index in [1.54, 1.807) is 17.8 Å². The number of carbonyl (C=O) groups excluding carboxylic acids is 1. The molecule has 0 unspecified atom stereocenters. The van der Waals surface area contributed by atoms with E-state index < -0.39 is 5.97 Å². The Morgan fingerprint density at radius 3 is 2.88 bits per heavy atom. The molecule has 0 radical (unpaired) electrons. The second-order valence-corrected chi connectivity index (χ2v) is 3.44.